The van der Waals surface area contributed by atoms with Crippen LogP contribution >= 0.6 is 0 Å². The lowest BCUT2D eigenvalue weighted by Gasteiger charge is -2.12. The lowest BCUT2D eigenvalue weighted by Crippen LogP contribution is -2.15. The van der Waals surface area contributed by atoms with Crippen LogP contribution in [0.4, 0.5) is 0 Å². The fourth-order valence-electron chi connectivity index (χ4n) is 1.73. The summed E-state index contributed by atoms with van der Waals surface area (Å²) in [5.74, 6) is 0.725. The van der Waals surface area contributed by atoms with Gasteiger partial charge in [0.2, 0.25) is 0 Å². The van der Waals surface area contributed by atoms with E-state index in [2.05, 4.69) is 34.6 Å². The maximum atomic E-state index is 5.56. The van der Waals surface area contributed by atoms with Crippen molar-refractivity contribution in [3.05, 3.63) is 41.7 Å². The molecule has 5 heteroatoms. The molecule has 1 heterocycles. The molecule has 1 aromatic carbocycles. The molecule has 0 saturated carbocycles. The molecule has 2 rings (SSSR count). The lowest BCUT2D eigenvalue weighted by atomic mass is 10.1. The van der Waals surface area contributed by atoms with E-state index in [1.54, 1.807) is 4.68 Å². The number of nitrogens with two attached hydrogens (primary N) is 1. The zero-order valence-electron chi connectivity index (χ0n) is 9.24. The number of nitrogens with zero attached hydrogens (tertiary/aromatic N) is 4. The third kappa shape index (κ3) is 2.25. The summed E-state index contributed by atoms with van der Waals surface area (Å²) in [5, 5.41) is 11.5. The molecule has 0 radical (unpaired) electrons. The van der Waals surface area contributed by atoms with Gasteiger partial charge in [0.25, 0.3) is 0 Å². The van der Waals surface area contributed by atoms with Gasteiger partial charge in [-0.25, -0.2) is 4.68 Å². The Balaban J connectivity index is 2.11. The molecule has 0 spiro atoms. The molecule has 84 valence electrons. The summed E-state index contributed by atoms with van der Waals surface area (Å²) >= 11 is 0. The van der Waals surface area contributed by atoms with Crippen molar-refractivity contribution in [1.29, 1.82) is 0 Å². The number of benzene rings is 1. The first-order chi connectivity index (χ1) is 7.81. The second-order valence-corrected chi connectivity index (χ2v) is 3.78. The van der Waals surface area contributed by atoms with Crippen molar-refractivity contribution < 1.29 is 0 Å². The van der Waals surface area contributed by atoms with Crippen LogP contribution in [0, 0.1) is 0 Å². The van der Waals surface area contributed by atoms with Gasteiger partial charge in [0, 0.05) is 0 Å². The topological polar surface area (TPSA) is 69.6 Å². The summed E-state index contributed by atoms with van der Waals surface area (Å²) in [6.07, 6.45) is 0.902. The van der Waals surface area contributed by atoms with E-state index < -0.39 is 0 Å². The highest BCUT2D eigenvalue weighted by Crippen LogP contribution is 2.13. The Labute approximate surface area is 94.3 Å². The molecule has 2 N–H and O–H groups in total. The van der Waals surface area contributed by atoms with E-state index in [-0.39, 0.29) is 6.04 Å². The highest BCUT2D eigenvalue weighted by Gasteiger charge is 2.11. The number of aromatic nitrogens is 4. The van der Waals surface area contributed by atoms with Crippen LogP contribution in [0.3, 0.4) is 0 Å². The van der Waals surface area contributed by atoms with E-state index in [9.17, 15) is 0 Å². The standard InChI is InChI=1S/C11H15N5/c1-9(7-10-5-3-2-4-6-10)16-11(8-12)13-14-15-16/h2-6,9H,7-8,12H2,1H3. The predicted octanol–water partition coefficient (Wildman–Crippen LogP) is 0.935. The smallest absolute Gasteiger partial charge is 0.165 e. The van der Waals surface area contributed by atoms with E-state index in [1.165, 1.54) is 5.56 Å². The Kier molecular flexibility index (Phi) is 3.26. The van der Waals surface area contributed by atoms with Crippen LogP contribution in [0.2, 0.25) is 0 Å². The van der Waals surface area contributed by atoms with Gasteiger partial charge in [-0.05, 0) is 29.3 Å². The van der Waals surface area contributed by atoms with Gasteiger partial charge in [0.1, 0.15) is 0 Å². The van der Waals surface area contributed by atoms with Gasteiger partial charge in [-0.3, -0.25) is 0 Å². The Hall–Kier alpha value is -1.75. The third-order valence-electron chi connectivity index (χ3n) is 2.53. The maximum Gasteiger partial charge on any atom is 0.165 e. The van der Waals surface area contributed by atoms with Crippen LogP contribution in [0.1, 0.15) is 24.4 Å². The van der Waals surface area contributed by atoms with Crippen molar-refractivity contribution in [1.82, 2.24) is 20.2 Å². The molecular formula is C11H15N5. The average molecular weight is 217 g/mol. The Bertz CT molecular complexity index is 437. The number of tetrazole rings is 1. The van der Waals surface area contributed by atoms with Crippen LogP contribution < -0.4 is 5.73 Å². The fraction of sp³-hybridized carbons (Fsp3) is 0.364. The van der Waals surface area contributed by atoms with Gasteiger partial charge in [-0.15, -0.1) is 5.10 Å². The Morgan fingerprint density at radius 2 is 2.06 bits per heavy atom. The lowest BCUT2D eigenvalue weighted by molar-refractivity contribution is 0.457. The van der Waals surface area contributed by atoms with E-state index >= 15 is 0 Å². The molecule has 0 aliphatic rings. The van der Waals surface area contributed by atoms with Crippen molar-refractivity contribution in [3.8, 4) is 0 Å². The molecule has 0 aliphatic heterocycles. The maximum absolute atomic E-state index is 5.56. The van der Waals surface area contributed by atoms with Crippen molar-refractivity contribution in [2.24, 2.45) is 5.73 Å². The molecule has 1 aromatic heterocycles. The van der Waals surface area contributed by atoms with E-state index in [0.29, 0.717) is 6.54 Å². The van der Waals surface area contributed by atoms with Crippen LogP contribution in [0.5, 0.6) is 0 Å². The molecule has 0 aliphatic carbocycles. The molecular weight excluding hydrogens is 202 g/mol. The minimum absolute atomic E-state index is 0.218. The van der Waals surface area contributed by atoms with Gasteiger partial charge < -0.3 is 5.73 Å². The van der Waals surface area contributed by atoms with Gasteiger partial charge in [0.15, 0.2) is 5.82 Å². The molecule has 1 atom stereocenters. The zero-order valence-corrected chi connectivity index (χ0v) is 9.24. The molecule has 1 unspecified atom stereocenters. The normalized spacial score (nSPS) is 12.6. The van der Waals surface area contributed by atoms with Crippen molar-refractivity contribution in [2.75, 3.05) is 0 Å². The van der Waals surface area contributed by atoms with E-state index in [4.69, 9.17) is 5.73 Å². The predicted molar refractivity (Wildman–Crippen MR) is 60.6 cm³/mol. The zero-order chi connectivity index (χ0) is 11.4. The molecule has 2 aromatic rings. The first kappa shape index (κ1) is 10.8. The summed E-state index contributed by atoms with van der Waals surface area (Å²) in [6.45, 7) is 2.45. The highest BCUT2D eigenvalue weighted by atomic mass is 15.5. The Morgan fingerprint density at radius 3 is 2.75 bits per heavy atom. The summed E-state index contributed by atoms with van der Waals surface area (Å²) in [4.78, 5) is 0. The Morgan fingerprint density at radius 1 is 1.31 bits per heavy atom. The van der Waals surface area contributed by atoms with Crippen LogP contribution in [0.15, 0.2) is 30.3 Å². The third-order valence-corrected chi connectivity index (χ3v) is 2.53. The average Bonchev–Trinajstić information content (AvgIpc) is 2.78. The second-order valence-electron chi connectivity index (χ2n) is 3.78. The highest BCUT2D eigenvalue weighted by molar-refractivity contribution is 5.15. The van der Waals surface area contributed by atoms with E-state index in [0.717, 1.165) is 12.2 Å². The molecule has 0 amide bonds. The van der Waals surface area contributed by atoms with Crippen LogP contribution in [0.25, 0.3) is 0 Å². The van der Waals surface area contributed by atoms with Gasteiger partial charge >= 0.3 is 0 Å². The van der Waals surface area contributed by atoms with Gasteiger partial charge in [-0.2, -0.15) is 0 Å². The van der Waals surface area contributed by atoms with Crippen molar-refractivity contribution in [3.63, 3.8) is 0 Å². The molecule has 0 fully saturated rings. The summed E-state index contributed by atoms with van der Waals surface area (Å²) in [5.41, 5.74) is 6.83. The second kappa shape index (κ2) is 4.85. The van der Waals surface area contributed by atoms with Crippen molar-refractivity contribution >= 4 is 0 Å². The van der Waals surface area contributed by atoms with Gasteiger partial charge in [0.05, 0.1) is 12.6 Å². The number of hydrogen-bond acceptors (Lipinski definition) is 4. The number of hydrogen-bond donors (Lipinski definition) is 1. The summed E-state index contributed by atoms with van der Waals surface area (Å²) in [6, 6.07) is 10.5. The monoisotopic (exact) mass is 217 g/mol. The molecule has 0 bridgehead atoms. The van der Waals surface area contributed by atoms with Gasteiger partial charge in [-0.1, -0.05) is 30.3 Å². The van der Waals surface area contributed by atoms with Crippen molar-refractivity contribution in [2.45, 2.75) is 25.9 Å². The quantitative estimate of drug-likeness (QED) is 0.827. The molecule has 16 heavy (non-hydrogen) atoms. The minimum atomic E-state index is 0.218. The first-order valence-corrected chi connectivity index (χ1v) is 5.32. The summed E-state index contributed by atoms with van der Waals surface area (Å²) < 4.78 is 1.78. The number of rotatable bonds is 4. The SMILES string of the molecule is CC(Cc1ccccc1)n1nnnc1CN. The first-order valence-electron chi connectivity index (χ1n) is 5.32. The summed E-state index contributed by atoms with van der Waals surface area (Å²) in [7, 11) is 0. The molecule has 5 nitrogen and oxygen atoms in total. The van der Waals surface area contributed by atoms with Crippen LogP contribution in [-0.4, -0.2) is 20.2 Å². The fourth-order valence-corrected chi connectivity index (χ4v) is 1.73. The van der Waals surface area contributed by atoms with Crippen LogP contribution in [-0.2, 0) is 13.0 Å². The molecule has 0 saturated heterocycles. The van der Waals surface area contributed by atoms with E-state index in [1.807, 2.05) is 18.2 Å². The largest absolute Gasteiger partial charge is 0.324 e. The minimum Gasteiger partial charge on any atom is -0.324 e.